The zero-order valence-corrected chi connectivity index (χ0v) is 12.7. The Balaban J connectivity index is 1.67. The second kappa shape index (κ2) is 6.37. The Morgan fingerprint density at radius 1 is 1.29 bits per heavy atom. The molecule has 1 fully saturated rings. The standard InChI is InChI=1S/C16H22N4O/c1-20(2)11-12-3-5-14(6-4-12)16-18-15(21-19-16)9-13-7-8-17-10-13/h3-6,13,17H,7-11H2,1-2H3. The van der Waals surface area contributed by atoms with Crippen molar-refractivity contribution in [3.63, 3.8) is 0 Å². The van der Waals surface area contributed by atoms with Crippen LogP contribution in [-0.4, -0.2) is 42.2 Å². The highest BCUT2D eigenvalue weighted by atomic mass is 16.5. The summed E-state index contributed by atoms with van der Waals surface area (Å²) in [5, 5.41) is 7.46. The van der Waals surface area contributed by atoms with Crippen molar-refractivity contribution >= 4 is 0 Å². The Morgan fingerprint density at radius 3 is 2.76 bits per heavy atom. The molecule has 21 heavy (non-hydrogen) atoms. The third-order valence-corrected chi connectivity index (χ3v) is 3.80. The summed E-state index contributed by atoms with van der Waals surface area (Å²) in [7, 11) is 4.13. The smallest absolute Gasteiger partial charge is 0.227 e. The number of hydrogen-bond donors (Lipinski definition) is 1. The molecule has 0 spiro atoms. The molecule has 1 atom stereocenters. The third kappa shape index (κ3) is 3.68. The van der Waals surface area contributed by atoms with Crippen molar-refractivity contribution in [2.24, 2.45) is 5.92 Å². The highest BCUT2D eigenvalue weighted by molar-refractivity contribution is 5.54. The monoisotopic (exact) mass is 286 g/mol. The first-order valence-corrected chi connectivity index (χ1v) is 7.48. The average molecular weight is 286 g/mol. The van der Waals surface area contributed by atoms with E-state index in [0.717, 1.165) is 37.5 Å². The van der Waals surface area contributed by atoms with Gasteiger partial charge in [-0.2, -0.15) is 4.98 Å². The Morgan fingerprint density at radius 2 is 2.10 bits per heavy atom. The summed E-state index contributed by atoms with van der Waals surface area (Å²) in [6.45, 7) is 3.09. The molecular formula is C16H22N4O. The molecule has 5 heteroatoms. The third-order valence-electron chi connectivity index (χ3n) is 3.80. The molecule has 2 heterocycles. The molecule has 0 aliphatic carbocycles. The lowest BCUT2D eigenvalue weighted by atomic mass is 10.1. The van der Waals surface area contributed by atoms with Gasteiger partial charge >= 0.3 is 0 Å². The topological polar surface area (TPSA) is 54.2 Å². The lowest BCUT2D eigenvalue weighted by molar-refractivity contribution is 0.358. The van der Waals surface area contributed by atoms with E-state index in [1.54, 1.807) is 0 Å². The van der Waals surface area contributed by atoms with Crippen molar-refractivity contribution in [3.05, 3.63) is 35.7 Å². The molecule has 1 aliphatic rings. The molecule has 1 N–H and O–H groups in total. The van der Waals surface area contributed by atoms with Crippen LogP contribution in [0.1, 0.15) is 17.9 Å². The second-order valence-electron chi connectivity index (χ2n) is 6.01. The van der Waals surface area contributed by atoms with Gasteiger partial charge in [-0.15, -0.1) is 0 Å². The van der Waals surface area contributed by atoms with Gasteiger partial charge in [0, 0.05) is 18.5 Å². The first kappa shape index (κ1) is 14.2. The lowest BCUT2D eigenvalue weighted by Gasteiger charge is -2.09. The van der Waals surface area contributed by atoms with Crippen LogP contribution in [0.4, 0.5) is 0 Å². The molecule has 1 aliphatic heterocycles. The number of benzene rings is 1. The summed E-state index contributed by atoms with van der Waals surface area (Å²) in [4.78, 5) is 6.67. The van der Waals surface area contributed by atoms with Gasteiger partial charge in [-0.1, -0.05) is 29.4 Å². The molecule has 0 radical (unpaired) electrons. The molecule has 1 aromatic carbocycles. The predicted molar refractivity (Wildman–Crippen MR) is 81.8 cm³/mol. The van der Waals surface area contributed by atoms with Crippen LogP contribution in [0.5, 0.6) is 0 Å². The number of hydrogen-bond acceptors (Lipinski definition) is 5. The number of aromatic nitrogens is 2. The Hall–Kier alpha value is -1.72. The Labute approximate surface area is 125 Å². The highest BCUT2D eigenvalue weighted by Crippen LogP contribution is 2.19. The summed E-state index contributed by atoms with van der Waals surface area (Å²) in [6, 6.07) is 8.35. The first-order valence-electron chi connectivity index (χ1n) is 7.48. The Bertz CT molecular complexity index is 570. The van der Waals surface area contributed by atoms with E-state index in [4.69, 9.17) is 4.52 Å². The molecule has 5 nitrogen and oxygen atoms in total. The van der Waals surface area contributed by atoms with Gasteiger partial charge in [0.2, 0.25) is 11.7 Å². The molecule has 3 rings (SSSR count). The van der Waals surface area contributed by atoms with Crippen molar-refractivity contribution < 1.29 is 4.52 Å². The van der Waals surface area contributed by atoms with E-state index in [-0.39, 0.29) is 0 Å². The minimum atomic E-state index is 0.626. The number of nitrogens with zero attached hydrogens (tertiary/aromatic N) is 3. The van der Waals surface area contributed by atoms with E-state index in [2.05, 4.69) is 58.7 Å². The van der Waals surface area contributed by atoms with E-state index in [1.807, 2.05) is 0 Å². The van der Waals surface area contributed by atoms with E-state index in [0.29, 0.717) is 11.7 Å². The minimum Gasteiger partial charge on any atom is -0.339 e. The van der Waals surface area contributed by atoms with Crippen molar-refractivity contribution in [3.8, 4) is 11.4 Å². The van der Waals surface area contributed by atoms with Gasteiger partial charge < -0.3 is 14.7 Å². The van der Waals surface area contributed by atoms with Gasteiger partial charge in [0.05, 0.1) is 0 Å². The molecule has 1 saturated heterocycles. The van der Waals surface area contributed by atoms with Crippen LogP contribution >= 0.6 is 0 Å². The Kier molecular flexibility index (Phi) is 4.31. The van der Waals surface area contributed by atoms with Crippen LogP contribution in [0.2, 0.25) is 0 Å². The van der Waals surface area contributed by atoms with Crippen LogP contribution in [0.25, 0.3) is 11.4 Å². The molecule has 0 amide bonds. The van der Waals surface area contributed by atoms with Crippen LogP contribution in [-0.2, 0) is 13.0 Å². The minimum absolute atomic E-state index is 0.626. The molecule has 112 valence electrons. The van der Waals surface area contributed by atoms with Crippen LogP contribution in [0.15, 0.2) is 28.8 Å². The maximum absolute atomic E-state index is 5.38. The zero-order chi connectivity index (χ0) is 14.7. The van der Waals surface area contributed by atoms with E-state index < -0.39 is 0 Å². The van der Waals surface area contributed by atoms with Crippen LogP contribution < -0.4 is 5.32 Å². The zero-order valence-electron chi connectivity index (χ0n) is 12.7. The SMILES string of the molecule is CN(C)Cc1ccc(-c2noc(CC3CCNC3)n2)cc1. The van der Waals surface area contributed by atoms with Crippen molar-refractivity contribution in [2.45, 2.75) is 19.4 Å². The summed E-state index contributed by atoms with van der Waals surface area (Å²) in [5.41, 5.74) is 2.29. The van der Waals surface area contributed by atoms with Gasteiger partial charge in [-0.05, 0) is 45.1 Å². The van der Waals surface area contributed by atoms with Crippen molar-refractivity contribution in [2.75, 3.05) is 27.2 Å². The summed E-state index contributed by atoms with van der Waals surface area (Å²) >= 11 is 0. The number of rotatable bonds is 5. The fraction of sp³-hybridized carbons (Fsp3) is 0.500. The van der Waals surface area contributed by atoms with Gasteiger partial charge in [0.15, 0.2) is 0 Å². The van der Waals surface area contributed by atoms with Crippen molar-refractivity contribution in [1.82, 2.24) is 20.4 Å². The van der Waals surface area contributed by atoms with Gasteiger partial charge in [-0.25, -0.2) is 0 Å². The van der Waals surface area contributed by atoms with E-state index in [9.17, 15) is 0 Å². The predicted octanol–water partition coefficient (Wildman–Crippen LogP) is 1.95. The normalized spacial score (nSPS) is 18.5. The number of nitrogens with one attached hydrogen (secondary N) is 1. The van der Waals surface area contributed by atoms with E-state index in [1.165, 1.54) is 12.0 Å². The molecule has 1 unspecified atom stereocenters. The summed E-state index contributed by atoms with van der Waals surface area (Å²) < 4.78 is 5.38. The highest BCUT2D eigenvalue weighted by Gasteiger charge is 2.18. The molecular weight excluding hydrogens is 264 g/mol. The van der Waals surface area contributed by atoms with Gasteiger partial charge in [0.25, 0.3) is 0 Å². The van der Waals surface area contributed by atoms with Crippen LogP contribution in [0.3, 0.4) is 0 Å². The molecule has 0 saturated carbocycles. The molecule has 2 aromatic rings. The molecule has 0 bridgehead atoms. The summed E-state index contributed by atoms with van der Waals surface area (Å²) in [5.74, 6) is 2.06. The first-order chi connectivity index (χ1) is 10.2. The van der Waals surface area contributed by atoms with Gasteiger partial charge in [-0.3, -0.25) is 0 Å². The fourth-order valence-electron chi connectivity index (χ4n) is 2.72. The largest absolute Gasteiger partial charge is 0.339 e. The fourth-order valence-corrected chi connectivity index (χ4v) is 2.72. The van der Waals surface area contributed by atoms with E-state index >= 15 is 0 Å². The second-order valence-corrected chi connectivity index (χ2v) is 6.01. The lowest BCUT2D eigenvalue weighted by Crippen LogP contribution is -2.10. The van der Waals surface area contributed by atoms with Crippen LogP contribution in [0, 0.1) is 5.92 Å². The maximum atomic E-state index is 5.38. The summed E-state index contributed by atoms with van der Waals surface area (Å²) in [6.07, 6.45) is 2.07. The van der Waals surface area contributed by atoms with Gasteiger partial charge in [0.1, 0.15) is 0 Å². The maximum Gasteiger partial charge on any atom is 0.227 e. The average Bonchev–Trinajstić information content (AvgIpc) is 3.11. The molecule has 1 aromatic heterocycles. The van der Waals surface area contributed by atoms with Crippen molar-refractivity contribution in [1.29, 1.82) is 0 Å². The quantitative estimate of drug-likeness (QED) is 0.910.